The summed E-state index contributed by atoms with van der Waals surface area (Å²) in [5.41, 5.74) is 3.99. The van der Waals surface area contributed by atoms with Gasteiger partial charge < -0.3 is 10.1 Å². The molecule has 1 N–H and O–H groups in total. The molecular weight excluding hydrogens is 258 g/mol. The van der Waals surface area contributed by atoms with Crippen LogP contribution >= 0.6 is 0 Å². The molecule has 2 aromatic carbocycles. The minimum absolute atomic E-state index is 0.176. The first-order valence-corrected chi connectivity index (χ1v) is 7.83. The number of rotatable bonds is 5. The molecule has 2 unspecified atom stereocenters. The lowest BCUT2D eigenvalue weighted by Gasteiger charge is -2.26. The predicted octanol–water partition coefficient (Wildman–Crippen LogP) is 4.04. The topological polar surface area (TPSA) is 21.3 Å². The van der Waals surface area contributed by atoms with Gasteiger partial charge in [-0.2, -0.15) is 0 Å². The van der Waals surface area contributed by atoms with Gasteiger partial charge in [0.1, 0.15) is 11.9 Å². The van der Waals surface area contributed by atoms with Crippen LogP contribution in [0, 0.1) is 6.92 Å². The van der Waals surface area contributed by atoms with E-state index in [4.69, 9.17) is 4.74 Å². The molecule has 3 rings (SSSR count). The molecule has 0 fully saturated rings. The van der Waals surface area contributed by atoms with Crippen molar-refractivity contribution in [2.75, 3.05) is 6.54 Å². The lowest BCUT2D eigenvalue weighted by atomic mass is 9.94. The number of hydrogen-bond donors (Lipinski definition) is 1. The summed E-state index contributed by atoms with van der Waals surface area (Å²) in [6.07, 6.45) is 2.28. The Morgan fingerprint density at radius 2 is 1.90 bits per heavy atom. The van der Waals surface area contributed by atoms with Crippen LogP contribution in [0.4, 0.5) is 0 Å². The van der Waals surface area contributed by atoms with Crippen LogP contribution in [0.5, 0.6) is 5.75 Å². The van der Waals surface area contributed by atoms with Crippen molar-refractivity contribution in [2.45, 2.75) is 38.8 Å². The number of fused-ring (bicyclic) bond motifs is 1. The van der Waals surface area contributed by atoms with E-state index >= 15 is 0 Å². The van der Waals surface area contributed by atoms with Crippen molar-refractivity contribution in [3.8, 4) is 5.75 Å². The van der Waals surface area contributed by atoms with Crippen LogP contribution in [0.15, 0.2) is 48.5 Å². The first kappa shape index (κ1) is 14.2. The highest BCUT2D eigenvalue weighted by Gasteiger charge is 2.31. The lowest BCUT2D eigenvalue weighted by Crippen LogP contribution is -2.35. The first-order chi connectivity index (χ1) is 10.3. The van der Waals surface area contributed by atoms with E-state index in [2.05, 4.69) is 61.6 Å². The summed E-state index contributed by atoms with van der Waals surface area (Å²) >= 11 is 0. The summed E-state index contributed by atoms with van der Waals surface area (Å²) in [6.45, 7) is 5.39. The molecule has 0 radical (unpaired) electrons. The summed E-state index contributed by atoms with van der Waals surface area (Å²) in [5, 5.41) is 3.68. The van der Waals surface area contributed by atoms with Crippen molar-refractivity contribution in [3.05, 3.63) is 65.2 Å². The summed E-state index contributed by atoms with van der Waals surface area (Å²) in [5.74, 6) is 1.04. The van der Waals surface area contributed by atoms with Gasteiger partial charge in [0, 0.05) is 6.42 Å². The van der Waals surface area contributed by atoms with E-state index < -0.39 is 0 Å². The molecule has 0 aliphatic carbocycles. The fourth-order valence-electron chi connectivity index (χ4n) is 3.07. The highest BCUT2D eigenvalue weighted by molar-refractivity contribution is 5.39. The van der Waals surface area contributed by atoms with Gasteiger partial charge in [-0.05, 0) is 42.6 Å². The molecule has 0 saturated carbocycles. The van der Waals surface area contributed by atoms with Crippen LogP contribution in [0.1, 0.15) is 36.1 Å². The van der Waals surface area contributed by atoms with Crippen LogP contribution in [0.25, 0.3) is 0 Å². The number of benzene rings is 2. The van der Waals surface area contributed by atoms with Gasteiger partial charge in [-0.15, -0.1) is 0 Å². The minimum Gasteiger partial charge on any atom is -0.488 e. The monoisotopic (exact) mass is 281 g/mol. The third-order valence-corrected chi connectivity index (χ3v) is 4.18. The number of para-hydroxylation sites is 1. The van der Waals surface area contributed by atoms with E-state index in [0.29, 0.717) is 0 Å². The molecule has 2 heteroatoms. The van der Waals surface area contributed by atoms with Crippen molar-refractivity contribution < 1.29 is 4.74 Å². The first-order valence-electron chi connectivity index (χ1n) is 7.83. The van der Waals surface area contributed by atoms with Crippen molar-refractivity contribution in [1.29, 1.82) is 0 Å². The van der Waals surface area contributed by atoms with Crippen LogP contribution < -0.4 is 10.1 Å². The SMILES string of the molecule is CCCNC(c1ccccc1C)C1Cc2ccccc2O1. The van der Waals surface area contributed by atoms with E-state index in [-0.39, 0.29) is 12.1 Å². The smallest absolute Gasteiger partial charge is 0.123 e. The van der Waals surface area contributed by atoms with Gasteiger partial charge in [0.05, 0.1) is 6.04 Å². The summed E-state index contributed by atoms with van der Waals surface area (Å²) < 4.78 is 6.21. The zero-order chi connectivity index (χ0) is 14.7. The molecule has 1 aliphatic heterocycles. The normalized spacial score (nSPS) is 18.1. The Morgan fingerprint density at radius 1 is 1.14 bits per heavy atom. The van der Waals surface area contributed by atoms with E-state index in [1.165, 1.54) is 16.7 Å². The van der Waals surface area contributed by atoms with Gasteiger partial charge in [-0.1, -0.05) is 49.4 Å². The van der Waals surface area contributed by atoms with Crippen LogP contribution in [0.2, 0.25) is 0 Å². The van der Waals surface area contributed by atoms with Crippen molar-refractivity contribution in [3.63, 3.8) is 0 Å². The molecule has 0 amide bonds. The Bertz CT molecular complexity index is 583. The van der Waals surface area contributed by atoms with E-state index in [0.717, 1.165) is 25.1 Å². The number of ether oxygens (including phenoxy) is 1. The van der Waals surface area contributed by atoms with Crippen LogP contribution in [0.3, 0.4) is 0 Å². The molecule has 1 heterocycles. The second-order valence-corrected chi connectivity index (χ2v) is 5.76. The zero-order valence-corrected chi connectivity index (χ0v) is 12.8. The zero-order valence-electron chi connectivity index (χ0n) is 12.8. The minimum atomic E-state index is 0.176. The molecule has 2 atom stereocenters. The van der Waals surface area contributed by atoms with Gasteiger partial charge in [0.2, 0.25) is 0 Å². The Kier molecular flexibility index (Phi) is 4.26. The van der Waals surface area contributed by atoms with Crippen LogP contribution in [-0.4, -0.2) is 12.6 Å². The molecule has 21 heavy (non-hydrogen) atoms. The van der Waals surface area contributed by atoms with Crippen molar-refractivity contribution in [1.82, 2.24) is 5.32 Å². The Hall–Kier alpha value is -1.80. The second-order valence-electron chi connectivity index (χ2n) is 5.76. The third kappa shape index (κ3) is 2.96. The highest BCUT2D eigenvalue weighted by Crippen LogP contribution is 2.34. The molecule has 0 spiro atoms. The van der Waals surface area contributed by atoms with Crippen LogP contribution in [-0.2, 0) is 6.42 Å². The summed E-state index contributed by atoms with van der Waals surface area (Å²) in [6, 6.07) is 17.2. The van der Waals surface area contributed by atoms with Gasteiger partial charge in [-0.25, -0.2) is 0 Å². The maximum atomic E-state index is 6.21. The number of aryl methyl sites for hydroxylation is 1. The number of nitrogens with one attached hydrogen (secondary N) is 1. The molecule has 0 aromatic heterocycles. The molecule has 0 saturated heterocycles. The molecule has 2 aromatic rings. The van der Waals surface area contributed by atoms with Gasteiger partial charge >= 0.3 is 0 Å². The van der Waals surface area contributed by atoms with Gasteiger partial charge in [0.15, 0.2) is 0 Å². The van der Waals surface area contributed by atoms with Gasteiger partial charge in [-0.3, -0.25) is 0 Å². The number of hydrogen-bond acceptors (Lipinski definition) is 2. The maximum Gasteiger partial charge on any atom is 0.123 e. The van der Waals surface area contributed by atoms with E-state index in [9.17, 15) is 0 Å². The highest BCUT2D eigenvalue weighted by atomic mass is 16.5. The average molecular weight is 281 g/mol. The Morgan fingerprint density at radius 3 is 2.67 bits per heavy atom. The largest absolute Gasteiger partial charge is 0.488 e. The molecular formula is C19H23NO. The molecule has 0 bridgehead atoms. The molecule has 1 aliphatic rings. The molecule has 2 nitrogen and oxygen atoms in total. The summed E-state index contributed by atoms with van der Waals surface area (Å²) in [7, 11) is 0. The quantitative estimate of drug-likeness (QED) is 0.893. The predicted molar refractivity (Wildman–Crippen MR) is 86.8 cm³/mol. The van der Waals surface area contributed by atoms with Crippen molar-refractivity contribution >= 4 is 0 Å². The van der Waals surface area contributed by atoms with E-state index in [1.54, 1.807) is 0 Å². The van der Waals surface area contributed by atoms with Crippen molar-refractivity contribution in [2.24, 2.45) is 0 Å². The lowest BCUT2D eigenvalue weighted by molar-refractivity contribution is 0.178. The summed E-state index contributed by atoms with van der Waals surface area (Å²) in [4.78, 5) is 0. The maximum absolute atomic E-state index is 6.21. The Labute approximate surface area is 127 Å². The standard InChI is InChI=1S/C19H23NO/c1-3-12-20-19(16-10-6-4-8-14(16)2)18-13-15-9-5-7-11-17(15)21-18/h4-11,18-20H,3,12-13H2,1-2H3. The molecule has 110 valence electrons. The average Bonchev–Trinajstić information content (AvgIpc) is 2.93. The second kappa shape index (κ2) is 6.31. The fraction of sp³-hybridized carbons (Fsp3) is 0.368. The third-order valence-electron chi connectivity index (χ3n) is 4.18. The Balaban J connectivity index is 1.86. The van der Waals surface area contributed by atoms with Gasteiger partial charge in [0.25, 0.3) is 0 Å². The van der Waals surface area contributed by atoms with E-state index in [1.807, 2.05) is 6.07 Å². The fourth-order valence-corrected chi connectivity index (χ4v) is 3.07.